The number of Topliss-reactive ketones (excluding diaryl/α,β-unsaturated/α-hetero) is 2. The predicted octanol–water partition coefficient (Wildman–Crippen LogP) is 2.04. The summed E-state index contributed by atoms with van der Waals surface area (Å²) in [4.78, 5) is 38.2. The second kappa shape index (κ2) is 8.70. The molecule has 9 nitrogen and oxygen atoms in total. The monoisotopic (exact) mass is 502 g/mol. The molecule has 0 radical (unpaired) electrons. The van der Waals surface area contributed by atoms with Gasteiger partial charge in [-0.15, -0.1) is 0 Å². The van der Waals surface area contributed by atoms with Gasteiger partial charge in [0.1, 0.15) is 28.7 Å². The number of primary amides is 1. The number of aliphatic hydroxyl groups is 3. The molecular formula is C26H31FN2O7. The van der Waals surface area contributed by atoms with Crippen molar-refractivity contribution in [3.63, 3.8) is 0 Å². The van der Waals surface area contributed by atoms with Gasteiger partial charge in [0.25, 0.3) is 5.91 Å². The number of nitrogens with two attached hydrogens (primary N) is 1. The van der Waals surface area contributed by atoms with E-state index in [1.165, 1.54) is 6.07 Å². The first kappa shape index (κ1) is 25.8. The number of fused-ring (bicyclic) bond motifs is 3. The van der Waals surface area contributed by atoms with Gasteiger partial charge >= 0.3 is 0 Å². The minimum Gasteiger partial charge on any atom is -0.511 e. The molecule has 0 saturated heterocycles. The summed E-state index contributed by atoms with van der Waals surface area (Å²) in [7, 11) is 0. The lowest BCUT2D eigenvalue weighted by atomic mass is 9.60. The Morgan fingerprint density at radius 3 is 2.50 bits per heavy atom. The van der Waals surface area contributed by atoms with Crippen LogP contribution in [0.4, 0.5) is 4.39 Å². The summed E-state index contributed by atoms with van der Waals surface area (Å²) in [5, 5.41) is 46.7. The topological polar surface area (TPSA) is 170 Å². The van der Waals surface area contributed by atoms with Crippen LogP contribution < -0.4 is 11.1 Å². The van der Waals surface area contributed by atoms with E-state index in [9.17, 15) is 34.8 Å². The van der Waals surface area contributed by atoms with E-state index in [1.54, 1.807) is 0 Å². The lowest BCUT2D eigenvalue weighted by molar-refractivity contribution is -0.144. The number of carbonyl (C=O) groups excluding carboxylic acids is 3. The van der Waals surface area contributed by atoms with Gasteiger partial charge in [-0.25, -0.2) is 4.39 Å². The van der Waals surface area contributed by atoms with E-state index in [2.05, 4.69) is 5.32 Å². The number of phenols is 1. The van der Waals surface area contributed by atoms with Gasteiger partial charge < -0.3 is 31.5 Å². The van der Waals surface area contributed by atoms with E-state index in [0.717, 1.165) is 0 Å². The molecule has 10 heteroatoms. The molecule has 7 N–H and O–H groups in total. The molecule has 0 aromatic heterocycles. The van der Waals surface area contributed by atoms with Gasteiger partial charge in [-0.2, -0.15) is 0 Å². The number of rotatable bonds is 5. The van der Waals surface area contributed by atoms with Crippen molar-refractivity contribution in [2.75, 3.05) is 6.54 Å². The maximum atomic E-state index is 15.2. The Kier molecular flexibility index (Phi) is 6.25. The van der Waals surface area contributed by atoms with Crippen molar-refractivity contribution >= 4 is 17.5 Å². The van der Waals surface area contributed by atoms with Crippen LogP contribution in [-0.4, -0.2) is 55.6 Å². The number of halogens is 1. The van der Waals surface area contributed by atoms with Crippen molar-refractivity contribution < 1.29 is 39.2 Å². The SMILES string of the molecule is CC(C)(C)NCCCc1cc(F)c2c(c1O)C(=O)C1=C(O)[C@]3(O)C(=O)C(C(N)=O)=C(O)C[C@@H]3CC1C2. The Bertz CT molecular complexity index is 1240. The fourth-order valence-corrected chi connectivity index (χ4v) is 5.63. The van der Waals surface area contributed by atoms with Gasteiger partial charge in [-0.1, -0.05) is 0 Å². The fourth-order valence-electron chi connectivity index (χ4n) is 5.63. The largest absolute Gasteiger partial charge is 0.511 e. The minimum absolute atomic E-state index is 0.000723. The Labute approximate surface area is 207 Å². The smallest absolute Gasteiger partial charge is 0.255 e. The number of nitrogens with one attached hydrogen (secondary N) is 1. The molecule has 36 heavy (non-hydrogen) atoms. The summed E-state index contributed by atoms with van der Waals surface area (Å²) in [5.41, 5.74) is 1.24. The normalized spacial score (nSPS) is 26.0. The number of phenolic OH excluding ortho intramolecular Hbond substituents is 1. The van der Waals surface area contributed by atoms with Crippen LogP contribution in [0.5, 0.6) is 5.75 Å². The number of hydrogen-bond donors (Lipinski definition) is 6. The average Bonchev–Trinajstić information content (AvgIpc) is 2.76. The number of aryl methyl sites for hydroxylation is 1. The van der Waals surface area contributed by atoms with Gasteiger partial charge in [0, 0.05) is 29.0 Å². The van der Waals surface area contributed by atoms with E-state index < -0.39 is 63.6 Å². The van der Waals surface area contributed by atoms with Crippen LogP contribution in [0.1, 0.15) is 61.5 Å². The Balaban J connectivity index is 1.74. The quantitative estimate of drug-likeness (QED) is 0.262. The summed E-state index contributed by atoms with van der Waals surface area (Å²) < 4.78 is 15.2. The fraction of sp³-hybridized carbons (Fsp3) is 0.500. The molecular weight excluding hydrogens is 471 g/mol. The van der Waals surface area contributed by atoms with Crippen molar-refractivity contribution in [2.24, 2.45) is 17.6 Å². The molecule has 3 atom stereocenters. The van der Waals surface area contributed by atoms with Crippen LogP contribution in [0.15, 0.2) is 28.7 Å². The number of hydrogen-bond acceptors (Lipinski definition) is 8. The molecule has 3 aliphatic rings. The summed E-state index contributed by atoms with van der Waals surface area (Å²) in [6.07, 6.45) is 0.431. The third-order valence-electron chi connectivity index (χ3n) is 7.36. The van der Waals surface area contributed by atoms with Crippen LogP contribution in [0.25, 0.3) is 0 Å². The molecule has 194 valence electrons. The first-order valence-corrected chi connectivity index (χ1v) is 11.9. The zero-order valence-electron chi connectivity index (χ0n) is 20.4. The van der Waals surface area contributed by atoms with Crippen LogP contribution >= 0.6 is 0 Å². The Hall–Kier alpha value is -3.24. The number of amides is 1. The lowest BCUT2D eigenvalue weighted by Gasteiger charge is -2.45. The van der Waals surface area contributed by atoms with E-state index in [-0.39, 0.29) is 53.5 Å². The molecule has 3 aliphatic carbocycles. The highest BCUT2D eigenvalue weighted by molar-refractivity contribution is 6.24. The second-order valence-corrected chi connectivity index (χ2v) is 10.9. The molecule has 0 saturated carbocycles. The van der Waals surface area contributed by atoms with Crippen molar-refractivity contribution in [1.82, 2.24) is 5.32 Å². The first-order chi connectivity index (χ1) is 16.7. The predicted molar refractivity (Wildman–Crippen MR) is 127 cm³/mol. The van der Waals surface area contributed by atoms with Crippen molar-refractivity contribution in [3.05, 3.63) is 51.2 Å². The summed E-state index contributed by atoms with van der Waals surface area (Å²) in [5.74, 6) is -7.87. The van der Waals surface area contributed by atoms with Gasteiger partial charge in [0.15, 0.2) is 11.4 Å². The van der Waals surface area contributed by atoms with E-state index in [0.29, 0.717) is 13.0 Å². The van der Waals surface area contributed by atoms with Crippen molar-refractivity contribution in [3.8, 4) is 5.75 Å². The second-order valence-electron chi connectivity index (χ2n) is 10.9. The maximum absolute atomic E-state index is 15.2. The molecule has 0 fully saturated rings. The molecule has 0 spiro atoms. The van der Waals surface area contributed by atoms with Crippen molar-refractivity contribution in [2.45, 2.75) is 64.0 Å². The molecule has 1 aromatic rings. The van der Waals surface area contributed by atoms with Crippen LogP contribution in [0.3, 0.4) is 0 Å². The van der Waals surface area contributed by atoms with Crippen LogP contribution in [0.2, 0.25) is 0 Å². The molecule has 4 rings (SSSR count). The van der Waals surface area contributed by atoms with E-state index in [1.807, 2.05) is 20.8 Å². The maximum Gasteiger partial charge on any atom is 0.255 e. The molecule has 0 aliphatic heterocycles. The molecule has 1 amide bonds. The average molecular weight is 503 g/mol. The first-order valence-electron chi connectivity index (χ1n) is 11.9. The third-order valence-corrected chi connectivity index (χ3v) is 7.36. The number of aliphatic hydroxyl groups excluding tert-OH is 2. The Morgan fingerprint density at radius 1 is 1.22 bits per heavy atom. The number of ketones is 2. The van der Waals surface area contributed by atoms with Gasteiger partial charge in [0.05, 0.1) is 5.56 Å². The zero-order chi connectivity index (χ0) is 26.7. The highest BCUT2D eigenvalue weighted by Gasteiger charge is 2.59. The summed E-state index contributed by atoms with van der Waals surface area (Å²) in [6, 6.07) is 1.21. The van der Waals surface area contributed by atoms with Crippen molar-refractivity contribution in [1.29, 1.82) is 0 Å². The van der Waals surface area contributed by atoms with Gasteiger partial charge in [-0.3, -0.25) is 14.4 Å². The number of carbonyl (C=O) groups is 3. The van der Waals surface area contributed by atoms with E-state index in [4.69, 9.17) is 5.73 Å². The number of allylic oxidation sites excluding steroid dienone is 2. The third kappa shape index (κ3) is 3.98. The zero-order valence-corrected chi connectivity index (χ0v) is 20.4. The van der Waals surface area contributed by atoms with Gasteiger partial charge in [-0.05, 0) is 70.5 Å². The van der Waals surface area contributed by atoms with E-state index >= 15 is 4.39 Å². The van der Waals surface area contributed by atoms with Crippen LogP contribution in [0, 0.1) is 17.7 Å². The molecule has 1 aromatic carbocycles. The van der Waals surface area contributed by atoms with Gasteiger partial charge in [0.2, 0.25) is 5.78 Å². The lowest BCUT2D eigenvalue weighted by Crippen LogP contribution is -2.57. The molecule has 0 heterocycles. The molecule has 0 bridgehead atoms. The highest BCUT2D eigenvalue weighted by atomic mass is 19.1. The number of aromatic hydroxyl groups is 1. The minimum atomic E-state index is -2.64. The Morgan fingerprint density at radius 2 is 1.89 bits per heavy atom. The standard InChI is InChI=1S/C26H31FN2O7/c1-25(2,3)29-6-4-5-11-9-15(27)14-8-12-7-13-10-16(30)19(24(28)35)23(34)26(13,36)22(33)17(12)21(32)18(14)20(11)31/h9,12-13,29-31,33,36H,4-8,10H2,1-3H3,(H2,28,35)/t12?,13-,26-/m0/s1. The summed E-state index contributed by atoms with van der Waals surface area (Å²) >= 11 is 0. The highest BCUT2D eigenvalue weighted by Crippen LogP contribution is 2.51. The molecule has 1 unspecified atom stereocenters. The number of benzene rings is 1. The summed E-state index contributed by atoms with van der Waals surface area (Å²) in [6.45, 7) is 6.60. The van der Waals surface area contributed by atoms with Crippen LogP contribution in [-0.2, 0) is 22.4 Å².